The van der Waals surface area contributed by atoms with Crippen LogP contribution in [0.2, 0.25) is 0 Å². The van der Waals surface area contributed by atoms with E-state index >= 15 is 0 Å². The molecule has 2 rings (SSSR count). The summed E-state index contributed by atoms with van der Waals surface area (Å²) in [4.78, 5) is 0. The van der Waals surface area contributed by atoms with Crippen molar-refractivity contribution in [1.29, 1.82) is 5.26 Å². The zero-order valence-corrected chi connectivity index (χ0v) is 12.3. The maximum atomic E-state index is 9.55. The van der Waals surface area contributed by atoms with Crippen LogP contribution in [0, 0.1) is 20.8 Å². The molecule has 1 atom stereocenters. The van der Waals surface area contributed by atoms with E-state index in [0.29, 0.717) is 18.5 Å². The van der Waals surface area contributed by atoms with E-state index in [0.717, 1.165) is 16.4 Å². The minimum Gasteiger partial charge on any atom is -0.295 e. The topological polar surface area (TPSA) is 53.6 Å². The minimum absolute atomic E-state index is 0.310. The molecular weight excluding hydrogens is 327 g/mol. The molecule has 1 fully saturated rings. The van der Waals surface area contributed by atoms with Gasteiger partial charge in [-0.3, -0.25) is 10.00 Å². The van der Waals surface area contributed by atoms with Crippen molar-refractivity contribution in [3.63, 3.8) is 0 Å². The minimum atomic E-state index is -0.455. The highest BCUT2D eigenvalue weighted by Crippen LogP contribution is 2.40. The Bertz CT molecular complexity index is 430. The van der Waals surface area contributed by atoms with Crippen LogP contribution < -0.4 is 5.32 Å². The second-order valence-corrected chi connectivity index (χ2v) is 6.26. The molecule has 1 aromatic rings. The van der Waals surface area contributed by atoms with Crippen molar-refractivity contribution in [2.24, 2.45) is 5.92 Å². The Kier molecular flexibility index (Phi) is 3.73. The standard InChI is InChI=1S/C12H17IN4/c1-9(2)16-12(7-14,10-3-4-10)8-17-6-11(13)5-15-17/h5-6,9-10,16H,3-4,8H2,1-2H3. The lowest BCUT2D eigenvalue weighted by Crippen LogP contribution is -2.52. The maximum absolute atomic E-state index is 9.55. The van der Waals surface area contributed by atoms with E-state index < -0.39 is 5.54 Å². The summed E-state index contributed by atoms with van der Waals surface area (Å²) >= 11 is 2.24. The van der Waals surface area contributed by atoms with Gasteiger partial charge in [-0.1, -0.05) is 0 Å². The third-order valence-corrected chi connectivity index (χ3v) is 3.59. The van der Waals surface area contributed by atoms with Crippen LogP contribution in [0.1, 0.15) is 26.7 Å². The van der Waals surface area contributed by atoms with Gasteiger partial charge in [-0.25, -0.2) is 0 Å². The van der Waals surface area contributed by atoms with Gasteiger partial charge in [0.2, 0.25) is 0 Å². The third kappa shape index (κ3) is 2.99. The summed E-state index contributed by atoms with van der Waals surface area (Å²) in [5.41, 5.74) is -0.455. The molecule has 1 aromatic heterocycles. The molecule has 1 N–H and O–H groups in total. The molecule has 0 aliphatic heterocycles. The van der Waals surface area contributed by atoms with Gasteiger partial charge in [0.15, 0.2) is 0 Å². The Morgan fingerprint density at radius 2 is 2.41 bits per heavy atom. The van der Waals surface area contributed by atoms with E-state index in [1.165, 1.54) is 0 Å². The van der Waals surface area contributed by atoms with Gasteiger partial charge in [0.25, 0.3) is 0 Å². The molecule has 0 amide bonds. The monoisotopic (exact) mass is 344 g/mol. The van der Waals surface area contributed by atoms with Crippen LogP contribution in [0.3, 0.4) is 0 Å². The number of halogens is 1. The van der Waals surface area contributed by atoms with Crippen molar-refractivity contribution in [3.8, 4) is 6.07 Å². The van der Waals surface area contributed by atoms with Crippen molar-refractivity contribution in [1.82, 2.24) is 15.1 Å². The van der Waals surface area contributed by atoms with E-state index in [4.69, 9.17) is 0 Å². The predicted octanol–water partition coefficient (Wildman–Crippen LogP) is 2.16. The molecule has 1 unspecified atom stereocenters. The second kappa shape index (κ2) is 4.94. The molecule has 17 heavy (non-hydrogen) atoms. The number of nitrogens with zero attached hydrogens (tertiary/aromatic N) is 3. The number of hydrogen-bond acceptors (Lipinski definition) is 3. The Morgan fingerprint density at radius 1 is 1.71 bits per heavy atom. The number of nitriles is 1. The van der Waals surface area contributed by atoms with Crippen LogP contribution in [-0.2, 0) is 6.54 Å². The highest BCUT2D eigenvalue weighted by Gasteiger charge is 2.46. The summed E-state index contributed by atoms with van der Waals surface area (Å²) in [6.45, 7) is 4.80. The fourth-order valence-corrected chi connectivity index (χ4v) is 2.67. The number of rotatable bonds is 5. The number of nitrogens with one attached hydrogen (secondary N) is 1. The summed E-state index contributed by atoms with van der Waals surface area (Å²) in [5, 5.41) is 17.3. The van der Waals surface area contributed by atoms with Crippen LogP contribution in [0.25, 0.3) is 0 Å². The number of aromatic nitrogens is 2. The van der Waals surface area contributed by atoms with Crippen LogP contribution in [0.15, 0.2) is 12.4 Å². The number of hydrogen-bond donors (Lipinski definition) is 1. The van der Waals surface area contributed by atoms with Gasteiger partial charge in [0, 0.05) is 12.2 Å². The average Bonchev–Trinajstić information content (AvgIpc) is 3.03. The fraction of sp³-hybridized carbons (Fsp3) is 0.667. The highest BCUT2D eigenvalue weighted by atomic mass is 127. The first-order chi connectivity index (χ1) is 8.05. The van der Waals surface area contributed by atoms with Crippen molar-refractivity contribution >= 4 is 22.6 Å². The van der Waals surface area contributed by atoms with E-state index in [1.54, 1.807) is 0 Å². The van der Waals surface area contributed by atoms with E-state index in [1.807, 2.05) is 17.1 Å². The molecule has 1 aliphatic rings. The molecule has 92 valence electrons. The zero-order valence-electron chi connectivity index (χ0n) is 10.2. The molecule has 0 saturated heterocycles. The Hall–Kier alpha value is -0.610. The van der Waals surface area contributed by atoms with Gasteiger partial charge in [0.05, 0.1) is 22.4 Å². The van der Waals surface area contributed by atoms with Crippen LogP contribution in [-0.4, -0.2) is 21.4 Å². The normalized spacial score (nSPS) is 19.0. The smallest absolute Gasteiger partial charge is 0.129 e. The van der Waals surface area contributed by atoms with E-state index in [2.05, 4.69) is 52.9 Å². The van der Waals surface area contributed by atoms with Crippen molar-refractivity contribution in [2.75, 3.05) is 0 Å². The van der Waals surface area contributed by atoms with Crippen molar-refractivity contribution in [2.45, 2.75) is 44.8 Å². The van der Waals surface area contributed by atoms with Crippen molar-refractivity contribution < 1.29 is 0 Å². The highest BCUT2D eigenvalue weighted by molar-refractivity contribution is 14.1. The van der Waals surface area contributed by atoms with Gasteiger partial charge in [0.1, 0.15) is 5.54 Å². The summed E-state index contributed by atoms with van der Waals surface area (Å²) in [5.74, 6) is 0.469. The molecule has 5 heteroatoms. The first-order valence-corrected chi connectivity index (χ1v) is 7.00. The Labute approximate surface area is 116 Å². The molecule has 0 aromatic carbocycles. The molecule has 1 heterocycles. The van der Waals surface area contributed by atoms with E-state index in [-0.39, 0.29) is 0 Å². The van der Waals surface area contributed by atoms with Crippen molar-refractivity contribution in [3.05, 3.63) is 16.0 Å². The van der Waals surface area contributed by atoms with Gasteiger partial charge >= 0.3 is 0 Å². The predicted molar refractivity (Wildman–Crippen MR) is 74.3 cm³/mol. The molecular formula is C12H17IN4. The molecule has 1 aliphatic carbocycles. The SMILES string of the molecule is CC(C)NC(C#N)(Cn1cc(I)cn1)C1CC1. The first kappa shape index (κ1) is 12.8. The molecule has 4 nitrogen and oxygen atoms in total. The van der Waals surface area contributed by atoms with Gasteiger partial charge in [-0.05, 0) is 55.2 Å². The lowest BCUT2D eigenvalue weighted by molar-refractivity contribution is 0.284. The average molecular weight is 344 g/mol. The lowest BCUT2D eigenvalue weighted by Gasteiger charge is -2.30. The second-order valence-electron chi connectivity index (χ2n) is 5.01. The maximum Gasteiger partial charge on any atom is 0.129 e. The fourth-order valence-electron chi connectivity index (χ4n) is 2.22. The van der Waals surface area contributed by atoms with Crippen LogP contribution in [0.5, 0.6) is 0 Å². The molecule has 0 spiro atoms. The summed E-state index contributed by atoms with van der Waals surface area (Å²) < 4.78 is 2.98. The quantitative estimate of drug-likeness (QED) is 0.833. The summed E-state index contributed by atoms with van der Waals surface area (Å²) in [7, 11) is 0. The van der Waals surface area contributed by atoms with Crippen LogP contribution in [0.4, 0.5) is 0 Å². The summed E-state index contributed by atoms with van der Waals surface area (Å²) in [6.07, 6.45) is 6.10. The van der Waals surface area contributed by atoms with Gasteiger partial charge < -0.3 is 0 Å². The molecule has 0 bridgehead atoms. The third-order valence-electron chi connectivity index (χ3n) is 3.03. The Morgan fingerprint density at radius 3 is 2.82 bits per heavy atom. The van der Waals surface area contributed by atoms with Gasteiger partial charge in [-0.15, -0.1) is 0 Å². The lowest BCUT2D eigenvalue weighted by atomic mass is 9.94. The largest absolute Gasteiger partial charge is 0.295 e. The molecule has 1 saturated carbocycles. The van der Waals surface area contributed by atoms with E-state index in [9.17, 15) is 5.26 Å². The van der Waals surface area contributed by atoms with Gasteiger partial charge in [-0.2, -0.15) is 10.4 Å². The Balaban J connectivity index is 2.18. The van der Waals surface area contributed by atoms with Crippen LogP contribution >= 0.6 is 22.6 Å². The molecule has 0 radical (unpaired) electrons. The zero-order chi connectivity index (χ0) is 12.5. The summed E-state index contributed by atoms with van der Waals surface area (Å²) in [6, 6.07) is 2.80. The first-order valence-electron chi connectivity index (χ1n) is 5.92.